The first-order valence-corrected chi connectivity index (χ1v) is 6.84. The Kier molecular flexibility index (Phi) is 4.29. The number of nitrogens with one attached hydrogen (secondary N) is 1. The van der Waals surface area contributed by atoms with Crippen molar-refractivity contribution in [1.82, 2.24) is 0 Å². The molecule has 1 aromatic rings. The monoisotopic (exact) mass is 291 g/mol. The Hall–Kier alpha value is -0.900. The van der Waals surface area contributed by atoms with Gasteiger partial charge in [-0.3, -0.25) is 0 Å². The molecule has 19 heavy (non-hydrogen) atoms. The van der Waals surface area contributed by atoms with E-state index in [1.165, 1.54) is 0 Å². The molecule has 0 saturated heterocycles. The topological polar surface area (TPSA) is 12.0 Å². The second-order valence-corrected chi connectivity index (χ2v) is 5.59. The zero-order chi connectivity index (χ0) is 14.0. The molecule has 0 bridgehead atoms. The predicted octanol–water partition coefficient (Wildman–Crippen LogP) is 5.18. The van der Waals surface area contributed by atoms with Crippen LogP contribution in [0.1, 0.15) is 31.2 Å². The van der Waals surface area contributed by atoms with Crippen LogP contribution in [0.5, 0.6) is 0 Å². The van der Waals surface area contributed by atoms with Crippen LogP contribution < -0.4 is 5.32 Å². The molecule has 0 spiro atoms. The summed E-state index contributed by atoms with van der Waals surface area (Å²) in [4.78, 5) is 0. The fourth-order valence-electron chi connectivity index (χ4n) is 2.64. The summed E-state index contributed by atoms with van der Waals surface area (Å²) in [5, 5.41) is 3.75. The number of hydrogen-bond donors (Lipinski definition) is 1. The van der Waals surface area contributed by atoms with Gasteiger partial charge in [-0.15, -0.1) is 0 Å². The average molecular weight is 292 g/mol. The summed E-state index contributed by atoms with van der Waals surface area (Å²) in [5.74, 6) is -1.19. The lowest BCUT2D eigenvalue weighted by molar-refractivity contribution is -0.182. The molecule has 1 nitrogen and oxygen atoms in total. The van der Waals surface area contributed by atoms with Crippen molar-refractivity contribution < 1.29 is 13.2 Å². The normalized spacial score (nSPS) is 24.3. The molecule has 1 saturated carbocycles. The van der Waals surface area contributed by atoms with Gasteiger partial charge in [-0.05, 0) is 37.8 Å². The van der Waals surface area contributed by atoms with Crippen LogP contribution in [0.4, 0.5) is 18.9 Å². The maximum atomic E-state index is 12.8. The van der Waals surface area contributed by atoms with Crippen molar-refractivity contribution in [3.05, 3.63) is 28.8 Å². The van der Waals surface area contributed by atoms with Crippen molar-refractivity contribution in [2.75, 3.05) is 5.32 Å². The molecule has 0 amide bonds. The van der Waals surface area contributed by atoms with Gasteiger partial charge in [0, 0.05) is 6.04 Å². The van der Waals surface area contributed by atoms with Gasteiger partial charge in [0.15, 0.2) is 0 Å². The number of hydrogen-bond acceptors (Lipinski definition) is 1. The van der Waals surface area contributed by atoms with Gasteiger partial charge in [-0.2, -0.15) is 13.2 Å². The highest BCUT2D eigenvalue weighted by atomic mass is 35.5. The zero-order valence-corrected chi connectivity index (χ0v) is 11.5. The highest BCUT2D eigenvalue weighted by Crippen LogP contribution is 2.39. The molecule has 1 fully saturated rings. The minimum Gasteiger partial charge on any atom is -0.381 e. The number of rotatable bonds is 2. The van der Waals surface area contributed by atoms with Crippen LogP contribution in [0.15, 0.2) is 18.2 Å². The fourth-order valence-corrected chi connectivity index (χ4v) is 2.91. The summed E-state index contributed by atoms with van der Waals surface area (Å²) < 4.78 is 38.3. The van der Waals surface area contributed by atoms with Gasteiger partial charge in [-0.1, -0.05) is 30.2 Å². The van der Waals surface area contributed by atoms with E-state index in [4.69, 9.17) is 11.6 Å². The molecule has 1 aliphatic rings. The highest BCUT2D eigenvalue weighted by molar-refractivity contribution is 6.33. The van der Waals surface area contributed by atoms with E-state index in [-0.39, 0.29) is 18.9 Å². The van der Waals surface area contributed by atoms with E-state index in [1.54, 1.807) is 6.07 Å². The molecular formula is C14H17ClF3N. The average Bonchev–Trinajstić information content (AvgIpc) is 2.33. The summed E-state index contributed by atoms with van der Waals surface area (Å²) >= 11 is 6.09. The Bertz CT molecular complexity index is 425. The molecule has 0 aromatic heterocycles. The van der Waals surface area contributed by atoms with E-state index in [0.29, 0.717) is 11.4 Å². The first-order valence-electron chi connectivity index (χ1n) is 6.46. The van der Waals surface area contributed by atoms with Gasteiger partial charge in [0.1, 0.15) is 0 Å². The summed E-state index contributed by atoms with van der Waals surface area (Å²) in [6, 6.07) is 5.33. The second-order valence-electron chi connectivity index (χ2n) is 5.18. The molecule has 1 aromatic carbocycles. The summed E-state index contributed by atoms with van der Waals surface area (Å²) in [7, 11) is 0. The lowest BCUT2D eigenvalue weighted by Crippen LogP contribution is -2.34. The number of halogens is 4. The minimum absolute atomic E-state index is 0.133. The van der Waals surface area contributed by atoms with Crippen molar-refractivity contribution in [2.45, 2.75) is 44.8 Å². The van der Waals surface area contributed by atoms with Crippen LogP contribution in [0.25, 0.3) is 0 Å². The summed E-state index contributed by atoms with van der Waals surface area (Å²) in [6.45, 7) is 1.90. The maximum absolute atomic E-state index is 12.8. The van der Waals surface area contributed by atoms with Crippen molar-refractivity contribution >= 4 is 17.3 Å². The maximum Gasteiger partial charge on any atom is 0.391 e. The van der Waals surface area contributed by atoms with E-state index in [9.17, 15) is 13.2 Å². The molecule has 1 N–H and O–H groups in total. The van der Waals surface area contributed by atoms with Crippen LogP contribution in [0, 0.1) is 12.8 Å². The predicted molar refractivity (Wildman–Crippen MR) is 71.6 cm³/mol. The van der Waals surface area contributed by atoms with E-state index >= 15 is 0 Å². The van der Waals surface area contributed by atoms with Crippen molar-refractivity contribution in [1.29, 1.82) is 0 Å². The highest BCUT2D eigenvalue weighted by Gasteiger charge is 2.42. The molecule has 0 heterocycles. The molecule has 2 rings (SSSR count). The third-order valence-electron chi connectivity index (χ3n) is 3.71. The lowest BCUT2D eigenvalue weighted by Gasteiger charge is -2.32. The number of anilines is 1. The standard InChI is InChI=1S/C14H17ClF3N/c1-9-4-2-7-12(15)13(9)19-11-6-3-5-10(8-11)14(16,17)18/h2,4,7,10-11,19H,3,5-6,8H2,1H3. The Morgan fingerprint density at radius 2 is 2.00 bits per heavy atom. The minimum atomic E-state index is -4.09. The smallest absolute Gasteiger partial charge is 0.381 e. The molecule has 2 unspecified atom stereocenters. The van der Waals surface area contributed by atoms with E-state index in [2.05, 4.69) is 5.32 Å². The lowest BCUT2D eigenvalue weighted by atomic mass is 9.85. The van der Waals surface area contributed by atoms with Crippen LogP contribution in [-0.2, 0) is 0 Å². The fraction of sp³-hybridized carbons (Fsp3) is 0.571. The van der Waals surface area contributed by atoms with Crippen LogP contribution >= 0.6 is 11.6 Å². The van der Waals surface area contributed by atoms with Gasteiger partial charge in [-0.25, -0.2) is 0 Å². The number of para-hydroxylation sites is 1. The van der Waals surface area contributed by atoms with Gasteiger partial charge >= 0.3 is 6.18 Å². The van der Waals surface area contributed by atoms with E-state index in [0.717, 1.165) is 17.7 Å². The molecule has 0 radical (unpaired) electrons. The first-order chi connectivity index (χ1) is 8.88. The third-order valence-corrected chi connectivity index (χ3v) is 4.02. The van der Waals surface area contributed by atoms with Gasteiger partial charge in [0.2, 0.25) is 0 Å². The SMILES string of the molecule is Cc1cccc(Cl)c1NC1CCCC(C(F)(F)F)C1. The quantitative estimate of drug-likeness (QED) is 0.791. The molecule has 5 heteroatoms. The van der Waals surface area contributed by atoms with Gasteiger partial charge in [0.05, 0.1) is 16.6 Å². The number of alkyl halides is 3. The van der Waals surface area contributed by atoms with Crippen molar-refractivity contribution in [3.63, 3.8) is 0 Å². The largest absolute Gasteiger partial charge is 0.391 e. The molecule has 106 valence electrons. The summed E-state index contributed by atoms with van der Waals surface area (Å²) in [6.07, 6.45) is -2.35. The van der Waals surface area contributed by atoms with Gasteiger partial charge < -0.3 is 5.32 Å². The Morgan fingerprint density at radius 3 is 2.63 bits per heavy atom. The molecule has 0 aliphatic heterocycles. The number of benzene rings is 1. The number of aryl methyl sites for hydroxylation is 1. The Morgan fingerprint density at radius 1 is 1.26 bits per heavy atom. The Labute approximate surface area is 116 Å². The third kappa shape index (κ3) is 3.56. The van der Waals surface area contributed by atoms with Crippen molar-refractivity contribution in [2.24, 2.45) is 5.92 Å². The Balaban J connectivity index is 2.07. The van der Waals surface area contributed by atoms with Crippen LogP contribution in [0.3, 0.4) is 0 Å². The van der Waals surface area contributed by atoms with Crippen molar-refractivity contribution in [3.8, 4) is 0 Å². The van der Waals surface area contributed by atoms with Gasteiger partial charge in [0.25, 0.3) is 0 Å². The molecular weight excluding hydrogens is 275 g/mol. The molecule has 2 atom stereocenters. The second kappa shape index (κ2) is 5.61. The first kappa shape index (κ1) is 14.5. The van der Waals surface area contributed by atoms with E-state index < -0.39 is 12.1 Å². The van der Waals surface area contributed by atoms with Crippen LogP contribution in [0.2, 0.25) is 5.02 Å². The molecule has 1 aliphatic carbocycles. The zero-order valence-electron chi connectivity index (χ0n) is 10.7. The van der Waals surface area contributed by atoms with Crippen LogP contribution in [-0.4, -0.2) is 12.2 Å². The summed E-state index contributed by atoms with van der Waals surface area (Å²) in [5.41, 5.74) is 1.72. The van der Waals surface area contributed by atoms with E-state index in [1.807, 2.05) is 19.1 Å².